The Bertz CT molecular complexity index is 780. The van der Waals surface area contributed by atoms with Gasteiger partial charge in [-0.25, -0.2) is 0 Å². The van der Waals surface area contributed by atoms with E-state index in [9.17, 15) is 0 Å². The molecule has 1 N–H and O–H groups in total. The average molecular weight is 437 g/mol. The molecule has 28 heavy (non-hydrogen) atoms. The number of hydrogen-bond acceptors (Lipinski definition) is 3. The minimum Gasteiger partial charge on any atom is -0.310 e. The second-order valence-corrected chi connectivity index (χ2v) is 11.2. The summed E-state index contributed by atoms with van der Waals surface area (Å²) in [4.78, 5) is 3.89. The van der Waals surface area contributed by atoms with Gasteiger partial charge < -0.3 is 5.32 Å². The maximum atomic E-state index is 6.14. The molecule has 2 aromatic rings. The van der Waals surface area contributed by atoms with Gasteiger partial charge in [0, 0.05) is 28.8 Å². The van der Waals surface area contributed by atoms with Crippen LogP contribution in [0.15, 0.2) is 47.4 Å². The number of thioether (sulfide) groups is 1. The summed E-state index contributed by atoms with van der Waals surface area (Å²) in [6, 6.07) is 15.3. The van der Waals surface area contributed by atoms with Gasteiger partial charge in [0.05, 0.1) is 10.0 Å². The van der Waals surface area contributed by atoms with Gasteiger partial charge in [0.1, 0.15) is 0 Å². The van der Waals surface area contributed by atoms with Crippen LogP contribution in [0, 0.1) is 0 Å². The topological polar surface area (TPSA) is 15.3 Å². The summed E-state index contributed by atoms with van der Waals surface area (Å²) in [5.74, 6) is 0. The van der Waals surface area contributed by atoms with Crippen LogP contribution in [-0.2, 0) is 13.1 Å². The van der Waals surface area contributed by atoms with E-state index in [1.54, 1.807) is 0 Å². The summed E-state index contributed by atoms with van der Waals surface area (Å²) in [7, 11) is 0. The Morgan fingerprint density at radius 3 is 2.43 bits per heavy atom. The van der Waals surface area contributed by atoms with Crippen molar-refractivity contribution >= 4 is 35.0 Å². The Morgan fingerprint density at radius 2 is 1.75 bits per heavy atom. The zero-order chi connectivity index (χ0) is 20.1. The SMILES string of the molecule is CC(C)(C)Sc1ccccc1CNC1CCN(Cc2ccc(Cl)c(Cl)c2)CC1. The van der Waals surface area contributed by atoms with E-state index in [0.29, 0.717) is 16.1 Å². The van der Waals surface area contributed by atoms with Crippen LogP contribution in [0.2, 0.25) is 10.0 Å². The normalized spacial score (nSPS) is 16.5. The Balaban J connectivity index is 1.48. The Kier molecular flexibility index (Phi) is 7.74. The van der Waals surface area contributed by atoms with E-state index in [2.05, 4.69) is 61.3 Å². The molecule has 0 aliphatic carbocycles. The average Bonchev–Trinajstić information content (AvgIpc) is 2.64. The lowest BCUT2D eigenvalue weighted by Crippen LogP contribution is -2.41. The van der Waals surface area contributed by atoms with Gasteiger partial charge in [0.25, 0.3) is 0 Å². The molecule has 1 saturated heterocycles. The van der Waals surface area contributed by atoms with Gasteiger partial charge in [0.2, 0.25) is 0 Å². The van der Waals surface area contributed by atoms with Crippen LogP contribution in [0.5, 0.6) is 0 Å². The van der Waals surface area contributed by atoms with E-state index in [4.69, 9.17) is 23.2 Å². The maximum absolute atomic E-state index is 6.14. The van der Waals surface area contributed by atoms with E-state index in [1.165, 1.54) is 28.9 Å². The number of rotatable bonds is 6. The van der Waals surface area contributed by atoms with E-state index in [0.717, 1.165) is 26.2 Å². The van der Waals surface area contributed by atoms with Gasteiger partial charge in [-0.05, 0) is 55.3 Å². The van der Waals surface area contributed by atoms with Gasteiger partial charge in [-0.1, -0.05) is 68.2 Å². The molecule has 0 unspecified atom stereocenters. The Hall–Kier alpha value is -0.710. The molecule has 1 heterocycles. The summed E-state index contributed by atoms with van der Waals surface area (Å²) in [6.45, 7) is 10.9. The van der Waals surface area contributed by atoms with Crippen molar-refractivity contribution in [1.82, 2.24) is 10.2 Å². The highest BCUT2D eigenvalue weighted by Gasteiger charge is 2.20. The second kappa shape index (κ2) is 9.86. The number of likely N-dealkylation sites (tertiary alicyclic amines) is 1. The van der Waals surface area contributed by atoms with Gasteiger partial charge in [-0.3, -0.25) is 4.90 Å². The highest BCUT2D eigenvalue weighted by Crippen LogP contribution is 2.34. The minimum atomic E-state index is 0.228. The molecule has 0 aromatic heterocycles. The molecule has 5 heteroatoms. The van der Waals surface area contributed by atoms with Crippen molar-refractivity contribution < 1.29 is 0 Å². The first-order valence-corrected chi connectivity index (χ1v) is 11.5. The highest BCUT2D eigenvalue weighted by molar-refractivity contribution is 8.00. The number of nitrogens with one attached hydrogen (secondary N) is 1. The number of halogens is 2. The van der Waals surface area contributed by atoms with Crippen molar-refractivity contribution in [3.8, 4) is 0 Å². The van der Waals surface area contributed by atoms with Crippen molar-refractivity contribution in [2.24, 2.45) is 0 Å². The lowest BCUT2D eigenvalue weighted by molar-refractivity contribution is 0.190. The largest absolute Gasteiger partial charge is 0.310 e. The molecule has 0 bridgehead atoms. The number of piperidine rings is 1. The van der Waals surface area contributed by atoms with Crippen LogP contribution >= 0.6 is 35.0 Å². The predicted octanol–water partition coefficient (Wildman–Crippen LogP) is 6.64. The van der Waals surface area contributed by atoms with Crippen LogP contribution in [0.3, 0.4) is 0 Å². The second-order valence-electron chi connectivity index (χ2n) is 8.50. The Labute approximate surface area is 184 Å². The summed E-state index contributed by atoms with van der Waals surface area (Å²) >= 11 is 14.1. The summed E-state index contributed by atoms with van der Waals surface area (Å²) in [5.41, 5.74) is 2.63. The Morgan fingerprint density at radius 1 is 1.04 bits per heavy atom. The molecule has 152 valence electrons. The van der Waals surface area contributed by atoms with Crippen LogP contribution in [0.25, 0.3) is 0 Å². The smallest absolute Gasteiger partial charge is 0.0595 e. The molecule has 0 saturated carbocycles. The number of benzene rings is 2. The van der Waals surface area contributed by atoms with E-state index < -0.39 is 0 Å². The molecule has 0 spiro atoms. The van der Waals surface area contributed by atoms with Gasteiger partial charge >= 0.3 is 0 Å². The van der Waals surface area contributed by atoms with Crippen molar-refractivity contribution in [1.29, 1.82) is 0 Å². The standard InChI is InChI=1S/C23H30Cl2N2S/c1-23(2,3)28-22-7-5-4-6-18(22)15-26-19-10-12-27(13-11-19)16-17-8-9-20(24)21(25)14-17/h4-9,14,19,26H,10-13,15-16H2,1-3H3. The third kappa shape index (κ3) is 6.67. The van der Waals surface area contributed by atoms with Crippen LogP contribution in [0.1, 0.15) is 44.7 Å². The molecule has 3 rings (SSSR count). The number of nitrogens with zero attached hydrogens (tertiary/aromatic N) is 1. The third-order valence-corrected chi connectivity index (χ3v) is 6.92. The lowest BCUT2D eigenvalue weighted by Gasteiger charge is -2.32. The fourth-order valence-electron chi connectivity index (χ4n) is 3.52. The third-order valence-electron chi connectivity index (χ3n) is 4.95. The van der Waals surface area contributed by atoms with Crippen LogP contribution < -0.4 is 5.32 Å². The van der Waals surface area contributed by atoms with Crippen LogP contribution in [-0.4, -0.2) is 28.8 Å². The van der Waals surface area contributed by atoms with E-state index in [1.807, 2.05) is 23.9 Å². The van der Waals surface area contributed by atoms with Gasteiger partial charge in [0.15, 0.2) is 0 Å². The monoisotopic (exact) mass is 436 g/mol. The fourth-order valence-corrected chi connectivity index (χ4v) is 4.92. The molecule has 2 aromatic carbocycles. The van der Waals surface area contributed by atoms with Crippen LogP contribution in [0.4, 0.5) is 0 Å². The molecule has 0 amide bonds. The quantitative estimate of drug-likeness (QED) is 0.510. The maximum Gasteiger partial charge on any atom is 0.0595 e. The van der Waals surface area contributed by atoms with Crippen molar-refractivity contribution in [3.63, 3.8) is 0 Å². The zero-order valence-electron chi connectivity index (χ0n) is 17.0. The summed E-state index contributed by atoms with van der Waals surface area (Å²) < 4.78 is 0.228. The predicted molar refractivity (Wildman–Crippen MR) is 124 cm³/mol. The molecule has 1 aliphatic rings. The summed E-state index contributed by atoms with van der Waals surface area (Å²) in [5, 5.41) is 5.05. The molecule has 0 radical (unpaired) electrons. The number of hydrogen-bond donors (Lipinski definition) is 1. The highest BCUT2D eigenvalue weighted by atomic mass is 35.5. The first-order chi connectivity index (χ1) is 13.3. The molecule has 0 atom stereocenters. The van der Waals surface area contributed by atoms with E-state index >= 15 is 0 Å². The molecular weight excluding hydrogens is 407 g/mol. The summed E-state index contributed by atoms with van der Waals surface area (Å²) in [6.07, 6.45) is 2.35. The first kappa shape index (κ1) is 22.0. The van der Waals surface area contributed by atoms with Crippen molar-refractivity contribution in [3.05, 3.63) is 63.6 Å². The first-order valence-electron chi connectivity index (χ1n) is 9.97. The molecule has 1 aliphatic heterocycles. The van der Waals surface area contributed by atoms with Gasteiger partial charge in [-0.2, -0.15) is 0 Å². The fraction of sp³-hybridized carbons (Fsp3) is 0.478. The van der Waals surface area contributed by atoms with Gasteiger partial charge in [-0.15, -0.1) is 11.8 Å². The lowest BCUT2D eigenvalue weighted by atomic mass is 10.0. The minimum absolute atomic E-state index is 0.228. The zero-order valence-corrected chi connectivity index (χ0v) is 19.3. The molecule has 2 nitrogen and oxygen atoms in total. The van der Waals surface area contributed by atoms with E-state index in [-0.39, 0.29) is 4.75 Å². The molecular formula is C23H30Cl2N2S. The molecule has 1 fully saturated rings. The van der Waals surface area contributed by atoms with Crippen molar-refractivity contribution in [2.45, 2.75) is 62.4 Å². The van der Waals surface area contributed by atoms with Crippen molar-refractivity contribution in [2.75, 3.05) is 13.1 Å².